The number of hydrogen-bond acceptors (Lipinski definition) is 4. The second-order valence-electron chi connectivity index (χ2n) is 4.63. The Hall–Kier alpha value is -0.910. The van der Waals surface area contributed by atoms with Gasteiger partial charge in [0, 0.05) is 24.6 Å². The van der Waals surface area contributed by atoms with Gasteiger partial charge in [0.2, 0.25) is 5.91 Å². The van der Waals surface area contributed by atoms with Crippen LogP contribution < -0.4 is 5.32 Å². The Kier molecular flexibility index (Phi) is 5.36. The highest BCUT2D eigenvalue weighted by atomic mass is 32.1. The number of ether oxygens (including phenoxy) is 1. The Morgan fingerprint density at radius 1 is 1.47 bits per heavy atom. The maximum absolute atomic E-state index is 12.3. The van der Waals surface area contributed by atoms with Crippen molar-refractivity contribution >= 4 is 17.2 Å². The summed E-state index contributed by atoms with van der Waals surface area (Å²) >= 11 is 1.69. The van der Waals surface area contributed by atoms with Crippen LogP contribution in [0.1, 0.15) is 37.7 Å². The van der Waals surface area contributed by atoms with E-state index in [9.17, 15) is 4.79 Å². The van der Waals surface area contributed by atoms with E-state index in [1.54, 1.807) is 11.3 Å². The Morgan fingerprint density at radius 2 is 2.32 bits per heavy atom. The van der Waals surface area contributed by atoms with Crippen molar-refractivity contribution in [3.8, 4) is 0 Å². The molecule has 2 heterocycles. The number of hydrogen-bond donors (Lipinski definition) is 1. The van der Waals surface area contributed by atoms with E-state index in [2.05, 4.69) is 16.8 Å². The SMILES string of the molecule is CCOCCCN1C(=O)C(CC)NC1c1cccs1. The molecule has 1 fully saturated rings. The zero-order chi connectivity index (χ0) is 13.7. The summed E-state index contributed by atoms with van der Waals surface area (Å²) < 4.78 is 5.35. The summed E-state index contributed by atoms with van der Waals surface area (Å²) in [5.74, 6) is 0.220. The van der Waals surface area contributed by atoms with Gasteiger partial charge in [-0.05, 0) is 31.2 Å². The molecular formula is C14H22N2O2S. The molecule has 2 rings (SSSR count). The van der Waals surface area contributed by atoms with Gasteiger partial charge < -0.3 is 9.64 Å². The van der Waals surface area contributed by atoms with E-state index in [1.807, 2.05) is 24.8 Å². The van der Waals surface area contributed by atoms with Crippen LogP contribution in [0.25, 0.3) is 0 Å². The lowest BCUT2D eigenvalue weighted by molar-refractivity contribution is -0.130. The minimum atomic E-state index is -0.0424. The molecular weight excluding hydrogens is 260 g/mol. The topological polar surface area (TPSA) is 41.6 Å². The molecule has 1 aliphatic rings. The Labute approximate surface area is 118 Å². The molecule has 0 radical (unpaired) electrons. The highest BCUT2D eigenvalue weighted by Gasteiger charge is 2.38. The summed E-state index contributed by atoms with van der Waals surface area (Å²) in [5.41, 5.74) is 0. The first-order valence-corrected chi connectivity index (χ1v) is 7.83. The maximum atomic E-state index is 12.3. The molecule has 2 atom stereocenters. The highest BCUT2D eigenvalue weighted by molar-refractivity contribution is 7.10. The van der Waals surface area contributed by atoms with Crippen molar-refractivity contribution in [1.82, 2.24) is 10.2 Å². The smallest absolute Gasteiger partial charge is 0.241 e. The van der Waals surface area contributed by atoms with E-state index < -0.39 is 0 Å². The van der Waals surface area contributed by atoms with Crippen molar-refractivity contribution < 1.29 is 9.53 Å². The minimum Gasteiger partial charge on any atom is -0.382 e. The lowest BCUT2D eigenvalue weighted by atomic mass is 10.2. The molecule has 1 saturated heterocycles. The van der Waals surface area contributed by atoms with Crippen LogP contribution in [0.2, 0.25) is 0 Å². The van der Waals surface area contributed by atoms with E-state index in [4.69, 9.17) is 4.74 Å². The zero-order valence-corrected chi connectivity index (χ0v) is 12.4. The molecule has 2 unspecified atom stereocenters. The molecule has 106 valence electrons. The predicted octanol–water partition coefficient (Wildman–Crippen LogP) is 2.38. The van der Waals surface area contributed by atoms with Gasteiger partial charge in [0.1, 0.15) is 6.17 Å². The molecule has 1 amide bonds. The number of nitrogens with zero attached hydrogens (tertiary/aromatic N) is 1. The molecule has 0 spiro atoms. The number of carbonyl (C=O) groups excluding carboxylic acids is 1. The maximum Gasteiger partial charge on any atom is 0.241 e. The van der Waals surface area contributed by atoms with E-state index in [-0.39, 0.29) is 18.1 Å². The fraction of sp³-hybridized carbons (Fsp3) is 0.643. The fourth-order valence-electron chi connectivity index (χ4n) is 2.37. The Balaban J connectivity index is 2.00. The zero-order valence-electron chi connectivity index (χ0n) is 11.6. The van der Waals surface area contributed by atoms with Gasteiger partial charge in [-0.3, -0.25) is 10.1 Å². The van der Waals surface area contributed by atoms with Crippen molar-refractivity contribution in [3.05, 3.63) is 22.4 Å². The van der Waals surface area contributed by atoms with Gasteiger partial charge >= 0.3 is 0 Å². The number of carbonyl (C=O) groups is 1. The van der Waals surface area contributed by atoms with Gasteiger partial charge in [0.15, 0.2) is 0 Å². The molecule has 0 saturated carbocycles. The number of thiophene rings is 1. The monoisotopic (exact) mass is 282 g/mol. The molecule has 4 nitrogen and oxygen atoms in total. The summed E-state index contributed by atoms with van der Waals surface area (Å²) in [6.07, 6.45) is 1.77. The van der Waals surface area contributed by atoms with Gasteiger partial charge in [-0.2, -0.15) is 0 Å². The normalized spacial score (nSPS) is 23.3. The number of nitrogens with one attached hydrogen (secondary N) is 1. The Morgan fingerprint density at radius 3 is 2.95 bits per heavy atom. The summed E-state index contributed by atoms with van der Waals surface area (Å²) in [6.45, 7) is 6.24. The molecule has 1 N–H and O–H groups in total. The van der Waals surface area contributed by atoms with Crippen molar-refractivity contribution in [1.29, 1.82) is 0 Å². The third-order valence-corrected chi connectivity index (χ3v) is 4.29. The van der Waals surface area contributed by atoms with Crippen molar-refractivity contribution in [2.75, 3.05) is 19.8 Å². The molecule has 1 aromatic rings. The van der Waals surface area contributed by atoms with Crippen LogP contribution in [0, 0.1) is 0 Å². The van der Waals surface area contributed by atoms with E-state index in [0.29, 0.717) is 6.61 Å². The molecule has 1 aromatic heterocycles. The second kappa shape index (κ2) is 7.03. The van der Waals surface area contributed by atoms with Crippen LogP contribution in [0.5, 0.6) is 0 Å². The third-order valence-electron chi connectivity index (χ3n) is 3.36. The van der Waals surface area contributed by atoms with Crippen LogP contribution in [0.4, 0.5) is 0 Å². The van der Waals surface area contributed by atoms with Gasteiger partial charge in [-0.1, -0.05) is 13.0 Å². The fourth-order valence-corrected chi connectivity index (χ4v) is 3.17. The lowest BCUT2D eigenvalue weighted by Crippen LogP contribution is -2.32. The molecule has 0 aromatic carbocycles. The first-order chi connectivity index (χ1) is 9.27. The van der Waals surface area contributed by atoms with Crippen LogP contribution in [0.3, 0.4) is 0 Å². The van der Waals surface area contributed by atoms with Crippen molar-refractivity contribution in [2.45, 2.75) is 38.9 Å². The molecule has 1 aliphatic heterocycles. The second-order valence-corrected chi connectivity index (χ2v) is 5.61. The van der Waals surface area contributed by atoms with Gasteiger partial charge in [-0.15, -0.1) is 11.3 Å². The summed E-state index contributed by atoms with van der Waals surface area (Å²) in [5, 5.41) is 5.48. The number of rotatable bonds is 7. The first kappa shape index (κ1) is 14.5. The third kappa shape index (κ3) is 3.35. The van der Waals surface area contributed by atoms with Crippen LogP contribution in [-0.4, -0.2) is 36.6 Å². The van der Waals surface area contributed by atoms with E-state index in [1.165, 1.54) is 4.88 Å². The molecule has 5 heteroatoms. The summed E-state index contributed by atoms with van der Waals surface area (Å²) in [6, 6.07) is 4.08. The van der Waals surface area contributed by atoms with Crippen LogP contribution in [-0.2, 0) is 9.53 Å². The average Bonchev–Trinajstić information content (AvgIpc) is 3.03. The van der Waals surface area contributed by atoms with Crippen LogP contribution in [0.15, 0.2) is 17.5 Å². The van der Waals surface area contributed by atoms with Crippen LogP contribution >= 0.6 is 11.3 Å². The number of amides is 1. The molecule has 0 bridgehead atoms. The first-order valence-electron chi connectivity index (χ1n) is 6.95. The molecule has 0 aliphatic carbocycles. The van der Waals surface area contributed by atoms with Gasteiger partial charge in [0.05, 0.1) is 6.04 Å². The highest BCUT2D eigenvalue weighted by Crippen LogP contribution is 2.29. The van der Waals surface area contributed by atoms with Gasteiger partial charge in [0.25, 0.3) is 0 Å². The standard InChI is InChI=1S/C14H22N2O2S/c1-3-11-14(17)16(8-6-9-18-4-2)13(15-11)12-7-5-10-19-12/h5,7,10-11,13,15H,3-4,6,8-9H2,1-2H3. The lowest BCUT2D eigenvalue weighted by Gasteiger charge is -2.23. The van der Waals surface area contributed by atoms with E-state index in [0.717, 1.165) is 26.0 Å². The predicted molar refractivity (Wildman–Crippen MR) is 77.1 cm³/mol. The minimum absolute atomic E-state index is 0.0408. The Bertz CT molecular complexity index is 394. The largest absolute Gasteiger partial charge is 0.382 e. The van der Waals surface area contributed by atoms with Crippen molar-refractivity contribution in [3.63, 3.8) is 0 Å². The summed E-state index contributed by atoms with van der Waals surface area (Å²) in [7, 11) is 0. The van der Waals surface area contributed by atoms with Gasteiger partial charge in [-0.25, -0.2) is 0 Å². The molecule has 19 heavy (non-hydrogen) atoms. The van der Waals surface area contributed by atoms with E-state index >= 15 is 0 Å². The quantitative estimate of drug-likeness (QED) is 0.781. The average molecular weight is 282 g/mol. The van der Waals surface area contributed by atoms with Crippen molar-refractivity contribution in [2.24, 2.45) is 0 Å². The summed E-state index contributed by atoms with van der Waals surface area (Å²) in [4.78, 5) is 15.5.